The normalized spacial score (nSPS) is 14.0. The van der Waals surface area contributed by atoms with Gasteiger partial charge in [-0.25, -0.2) is 4.79 Å². The molecule has 2 aromatic rings. The number of hydrogen-bond donors (Lipinski definition) is 0. The van der Waals surface area contributed by atoms with Crippen LogP contribution in [0.3, 0.4) is 0 Å². The molecule has 1 saturated heterocycles. The molecule has 1 heterocycles. The van der Waals surface area contributed by atoms with Crippen LogP contribution in [-0.4, -0.2) is 24.9 Å². The zero-order valence-corrected chi connectivity index (χ0v) is 13.0. The molecule has 0 bridgehead atoms. The highest BCUT2D eigenvalue weighted by Gasteiger charge is 2.30. The highest BCUT2D eigenvalue weighted by atomic mass is 16.5. The van der Waals surface area contributed by atoms with Gasteiger partial charge in [0.05, 0.1) is 18.4 Å². The molecular formula is C18H15NO5. The summed E-state index contributed by atoms with van der Waals surface area (Å²) >= 11 is 0. The van der Waals surface area contributed by atoms with Gasteiger partial charge in [-0.05, 0) is 48.5 Å². The predicted octanol–water partition coefficient (Wildman–Crippen LogP) is 2.57. The van der Waals surface area contributed by atoms with Gasteiger partial charge in [-0.2, -0.15) is 0 Å². The maximum absolute atomic E-state index is 12.1. The topological polar surface area (TPSA) is 72.9 Å². The molecule has 0 radical (unpaired) electrons. The van der Waals surface area contributed by atoms with Gasteiger partial charge in [0.1, 0.15) is 11.5 Å². The Morgan fingerprint density at radius 3 is 1.96 bits per heavy atom. The predicted molar refractivity (Wildman–Crippen MR) is 86.1 cm³/mol. The molecule has 0 atom stereocenters. The Kier molecular flexibility index (Phi) is 4.29. The van der Waals surface area contributed by atoms with Crippen molar-refractivity contribution < 1.29 is 23.9 Å². The van der Waals surface area contributed by atoms with Gasteiger partial charge >= 0.3 is 5.97 Å². The summed E-state index contributed by atoms with van der Waals surface area (Å²) in [7, 11) is 1.55. The van der Waals surface area contributed by atoms with E-state index in [1.54, 1.807) is 43.5 Å². The fraction of sp³-hybridized carbons (Fsp3) is 0.167. The summed E-state index contributed by atoms with van der Waals surface area (Å²) in [4.78, 5) is 36.7. The molecule has 2 amide bonds. The lowest BCUT2D eigenvalue weighted by molar-refractivity contribution is -0.121. The maximum Gasteiger partial charge on any atom is 0.343 e. The van der Waals surface area contributed by atoms with Crippen molar-refractivity contribution in [1.82, 2.24) is 0 Å². The van der Waals surface area contributed by atoms with Crippen molar-refractivity contribution in [2.75, 3.05) is 12.0 Å². The number of hydrogen-bond acceptors (Lipinski definition) is 5. The van der Waals surface area contributed by atoms with E-state index < -0.39 is 5.97 Å². The van der Waals surface area contributed by atoms with Crippen LogP contribution in [-0.2, 0) is 9.59 Å². The van der Waals surface area contributed by atoms with Gasteiger partial charge in [-0.3, -0.25) is 14.5 Å². The van der Waals surface area contributed by atoms with Crippen LogP contribution < -0.4 is 14.4 Å². The number of benzene rings is 2. The van der Waals surface area contributed by atoms with Crippen molar-refractivity contribution in [2.24, 2.45) is 0 Å². The van der Waals surface area contributed by atoms with Crippen molar-refractivity contribution in [1.29, 1.82) is 0 Å². The smallest absolute Gasteiger partial charge is 0.343 e. The molecule has 1 aliphatic heterocycles. The van der Waals surface area contributed by atoms with Gasteiger partial charge in [0.15, 0.2) is 0 Å². The van der Waals surface area contributed by atoms with E-state index in [0.29, 0.717) is 22.7 Å². The summed E-state index contributed by atoms with van der Waals surface area (Å²) in [6.45, 7) is 0. The van der Waals surface area contributed by atoms with Gasteiger partial charge < -0.3 is 9.47 Å². The minimum Gasteiger partial charge on any atom is -0.497 e. The summed E-state index contributed by atoms with van der Waals surface area (Å²) in [5, 5.41) is 0. The Labute approximate surface area is 138 Å². The van der Waals surface area contributed by atoms with Crippen LogP contribution in [0.5, 0.6) is 11.5 Å². The van der Waals surface area contributed by atoms with Crippen LogP contribution in [0.15, 0.2) is 48.5 Å². The Morgan fingerprint density at radius 2 is 1.42 bits per heavy atom. The SMILES string of the molecule is COc1ccc(OC(=O)c2ccc(N3C(=O)CCC3=O)cc2)cc1. The Balaban J connectivity index is 1.71. The second-order valence-corrected chi connectivity index (χ2v) is 5.23. The van der Waals surface area contributed by atoms with Crippen LogP contribution in [0, 0.1) is 0 Å². The second-order valence-electron chi connectivity index (χ2n) is 5.23. The third-order valence-electron chi connectivity index (χ3n) is 3.68. The lowest BCUT2D eigenvalue weighted by Gasteiger charge is -2.14. The first-order valence-corrected chi connectivity index (χ1v) is 7.40. The highest BCUT2D eigenvalue weighted by Crippen LogP contribution is 2.23. The second kappa shape index (κ2) is 6.54. The number of anilines is 1. The maximum atomic E-state index is 12.1. The van der Waals surface area contributed by atoms with Crippen LogP contribution in [0.25, 0.3) is 0 Å². The number of rotatable bonds is 4. The monoisotopic (exact) mass is 325 g/mol. The summed E-state index contributed by atoms with van der Waals surface area (Å²) in [5.74, 6) is 0.0850. The fourth-order valence-corrected chi connectivity index (χ4v) is 2.42. The summed E-state index contributed by atoms with van der Waals surface area (Å²) in [5.41, 5.74) is 0.789. The number of amides is 2. The van der Waals surface area contributed by atoms with Crippen molar-refractivity contribution in [2.45, 2.75) is 12.8 Å². The molecule has 0 saturated carbocycles. The number of imide groups is 1. The highest BCUT2D eigenvalue weighted by molar-refractivity contribution is 6.19. The Hall–Kier alpha value is -3.15. The average Bonchev–Trinajstić information content (AvgIpc) is 2.94. The number of carbonyl (C=O) groups excluding carboxylic acids is 3. The molecule has 122 valence electrons. The zero-order chi connectivity index (χ0) is 17.1. The first-order chi connectivity index (χ1) is 11.6. The Morgan fingerprint density at radius 1 is 0.875 bits per heavy atom. The summed E-state index contributed by atoms with van der Waals surface area (Å²) in [6.07, 6.45) is 0.445. The average molecular weight is 325 g/mol. The minimum absolute atomic E-state index is 0.222. The molecule has 6 heteroatoms. The molecule has 1 fully saturated rings. The molecular weight excluding hydrogens is 310 g/mol. The van der Waals surface area contributed by atoms with E-state index in [2.05, 4.69) is 0 Å². The third-order valence-corrected chi connectivity index (χ3v) is 3.68. The number of esters is 1. The van der Waals surface area contributed by atoms with E-state index in [9.17, 15) is 14.4 Å². The van der Waals surface area contributed by atoms with Crippen LogP contribution in [0.1, 0.15) is 23.2 Å². The van der Waals surface area contributed by atoms with Crippen molar-refractivity contribution in [3.05, 3.63) is 54.1 Å². The summed E-state index contributed by atoms with van der Waals surface area (Å²) in [6, 6.07) is 12.8. The van der Waals surface area contributed by atoms with Gasteiger partial charge in [-0.1, -0.05) is 0 Å². The first-order valence-electron chi connectivity index (χ1n) is 7.40. The van der Waals surface area contributed by atoms with E-state index >= 15 is 0 Å². The fourth-order valence-electron chi connectivity index (χ4n) is 2.42. The van der Waals surface area contributed by atoms with Crippen molar-refractivity contribution in [3.8, 4) is 11.5 Å². The molecule has 0 aromatic heterocycles. The summed E-state index contributed by atoms with van der Waals surface area (Å²) < 4.78 is 10.3. The largest absolute Gasteiger partial charge is 0.497 e. The lowest BCUT2D eigenvalue weighted by Crippen LogP contribution is -2.28. The molecule has 1 aliphatic rings. The number of carbonyl (C=O) groups is 3. The number of ether oxygens (including phenoxy) is 2. The quantitative estimate of drug-likeness (QED) is 0.491. The molecule has 6 nitrogen and oxygen atoms in total. The van der Waals surface area contributed by atoms with Crippen molar-refractivity contribution >= 4 is 23.5 Å². The minimum atomic E-state index is -0.522. The van der Waals surface area contributed by atoms with Gasteiger partial charge in [0.25, 0.3) is 0 Å². The molecule has 0 aliphatic carbocycles. The lowest BCUT2D eigenvalue weighted by atomic mass is 10.2. The first kappa shape index (κ1) is 15.7. The van der Waals surface area contributed by atoms with E-state index in [0.717, 1.165) is 4.90 Å². The molecule has 0 spiro atoms. The standard InChI is InChI=1S/C18H15NO5/c1-23-14-6-8-15(9-7-14)24-18(22)12-2-4-13(5-3-12)19-16(20)10-11-17(19)21/h2-9H,10-11H2,1H3. The number of methoxy groups -OCH3 is 1. The Bertz CT molecular complexity index is 764. The van der Waals surface area contributed by atoms with Crippen LogP contribution >= 0.6 is 0 Å². The van der Waals surface area contributed by atoms with Crippen molar-refractivity contribution in [3.63, 3.8) is 0 Å². The molecule has 0 N–H and O–H groups in total. The van der Waals surface area contributed by atoms with E-state index in [-0.39, 0.29) is 24.7 Å². The van der Waals surface area contributed by atoms with Gasteiger partial charge in [0, 0.05) is 12.8 Å². The van der Waals surface area contributed by atoms with Gasteiger partial charge in [-0.15, -0.1) is 0 Å². The molecule has 0 unspecified atom stereocenters. The zero-order valence-electron chi connectivity index (χ0n) is 13.0. The van der Waals surface area contributed by atoms with E-state index in [4.69, 9.17) is 9.47 Å². The van der Waals surface area contributed by atoms with E-state index in [1.165, 1.54) is 12.1 Å². The molecule has 2 aromatic carbocycles. The third kappa shape index (κ3) is 3.12. The van der Waals surface area contributed by atoms with E-state index in [1.807, 2.05) is 0 Å². The van der Waals surface area contributed by atoms with Crippen LogP contribution in [0.2, 0.25) is 0 Å². The van der Waals surface area contributed by atoms with Crippen LogP contribution in [0.4, 0.5) is 5.69 Å². The molecule has 24 heavy (non-hydrogen) atoms. The van der Waals surface area contributed by atoms with Gasteiger partial charge in [0.2, 0.25) is 11.8 Å². The molecule has 3 rings (SSSR count). The number of nitrogens with zero attached hydrogens (tertiary/aromatic N) is 1.